The number of hydrogen-bond acceptors (Lipinski definition) is 4. The number of nitrogens with one attached hydrogen (secondary N) is 2. The zero-order valence-electron chi connectivity index (χ0n) is 5.81. The molecule has 0 aliphatic heterocycles. The van der Waals surface area contributed by atoms with E-state index in [1.807, 2.05) is 0 Å². The Morgan fingerprint density at radius 1 is 0.917 bits per heavy atom. The van der Waals surface area contributed by atoms with Gasteiger partial charge < -0.3 is 10.2 Å². The van der Waals surface area contributed by atoms with Gasteiger partial charge in [-0.15, -0.1) is 0 Å². The smallest absolute Gasteiger partial charge is 0.143 e. The third-order valence-corrected chi connectivity index (χ3v) is 1.72. The highest BCUT2D eigenvalue weighted by Gasteiger charge is 2.06. The van der Waals surface area contributed by atoms with Gasteiger partial charge in [-0.05, 0) is 6.07 Å². The maximum atomic E-state index is 9.13. The lowest BCUT2D eigenvalue weighted by atomic mass is 10.2. The van der Waals surface area contributed by atoms with Crippen LogP contribution in [0.4, 0.5) is 11.4 Å². The van der Waals surface area contributed by atoms with Gasteiger partial charge in [0.25, 0.3) is 0 Å². The van der Waals surface area contributed by atoms with Crippen LogP contribution in [-0.2, 0) is 0 Å². The number of hydrogen-bond donors (Lipinski definition) is 4. The quantitative estimate of drug-likeness (QED) is 0.342. The minimum atomic E-state index is -0.154. The maximum Gasteiger partial charge on any atom is 0.143 e. The van der Waals surface area contributed by atoms with Gasteiger partial charge >= 0.3 is 0 Å². The van der Waals surface area contributed by atoms with Gasteiger partial charge in [0.15, 0.2) is 0 Å². The van der Waals surface area contributed by atoms with Gasteiger partial charge in [-0.1, -0.05) is 0 Å². The normalized spacial score (nSPS) is 9.50. The molecule has 0 unspecified atom stereocenters. The summed E-state index contributed by atoms with van der Waals surface area (Å²) in [4.78, 5) is 4.42. The molecule has 1 aromatic rings. The number of benzene rings is 1. The fraction of sp³-hybridized carbons (Fsp3) is 0. The van der Waals surface area contributed by atoms with Gasteiger partial charge in [-0.3, -0.25) is 9.67 Å². The van der Waals surface area contributed by atoms with Crippen LogP contribution in [0.5, 0.6) is 11.5 Å². The molecule has 0 radical (unpaired) electrons. The molecular weight excluding hydrogens is 203 g/mol. The zero-order chi connectivity index (χ0) is 9.14. The molecule has 0 aromatic heterocycles. The summed E-state index contributed by atoms with van der Waals surface area (Å²) < 4.78 is 0. The molecule has 0 saturated heterocycles. The summed E-state index contributed by atoms with van der Waals surface area (Å²) in [6.07, 6.45) is 0. The Labute approximate surface area is 78.9 Å². The maximum absolute atomic E-state index is 9.13. The summed E-state index contributed by atoms with van der Waals surface area (Å²) in [6.45, 7) is 0. The van der Waals surface area contributed by atoms with Crippen LogP contribution in [0.3, 0.4) is 0 Å². The number of rotatable bonds is 2. The predicted molar refractivity (Wildman–Crippen MR) is 48.7 cm³/mol. The highest BCUT2D eigenvalue weighted by molar-refractivity contribution is 6.26. The Kier molecular flexibility index (Phi) is 2.73. The van der Waals surface area contributed by atoms with Crippen LogP contribution in [0.25, 0.3) is 0 Å². The predicted octanol–water partition coefficient (Wildman–Crippen LogP) is 2.23. The zero-order valence-corrected chi connectivity index (χ0v) is 7.32. The monoisotopic (exact) mass is 208 g/mol. The molecule has 66 valence electrons. The van der Waals surface area contributed by atoms with Gasteiger partial charge in [-0.2, -0.15) is 0 Å². The molecule has 0 heterocycles. The van der Waals surface area contributed by atoms with Crippen molar-refractivity contribution in [1.82, 2.24) is 0 Å². The standard InChI is InChI=1S/C6H6Cl2N2O2/c7-9-3-1-4(10-8)6(12)2-5(3)11/h1-2,9-12H. The fourth-order valence-electron chi connectivity index (χ4n) is 0.729. The van der Waals surface area contributed by atoms with E-state index in [4.69, 9.17) is 33.8 Å². The summed E-state index contributed by atoms with van der Waals surface area (Å²) in [6, 6.07) is 2.49. The van der Waals surface area contributed by atoms with Crippen molar-refractivity contribution in [3.63, 3.8) is 0 Å². The molecule has 1 rings (SSSR count). The summed E-state index contributed by atoms with van der Waals surface area (Å²) in [5.41, 5.74) is 0.523. The third kappa shape index (κ3) is 1.60. The largest absolute Gasteiger partial charge is 0.506 e. The van der Waals surface area contributed by atoms with Gasteiger partial charge in [-0.25, -0.2) is 0 Å². The highest BCUT2D eigenvalue weighted by atomic mass is 35.5. The SMILES string of the molecule is Oc1cc(O)c(NCl)cc1NCl. The lowest BCUT2D eigenvalue weighted by molar-refractivity contribution is 0.454. The molecule has 0 bridgehead atoms. The van der Waals surface area contributed by atoms with Crippen molar-refractivity contribution < 1.29 is 10.2 Å². The second-order valence-electron chi connectivity index (χ2n) is 2.08. The topological polar surface area (TPSA) is 64.5 Å². The average Bonchev–Trinajstić information content (AvgIpc) is 2.05. The van der Waals surface area contributed by atoms with E-state index in [-0.39, 0.29) is 22.9 Å². The van der Waals surface area contributed by atoms with Crippen molar-refractivity contribution in [2.45, 2.75) is 0 Å². The molecule has 4 N–H and O–H groups in total. The Hall–Kier alpha value is -1.00. The van der Waals surface area contributed by atoms with E-state index in [2.05, 4.69) is 9.67 Å². The second kappa shape index (κ2) is 3.60. The molecule has 0 saturated carbocycles. The van der Waals surface area contributed by atoms with E-state index in [1.165, 1.54) is 6.07 Å². The van der Waals surface area contributed by atoms with Crippen LogP contribution in [0.2, 0.25) is 0 Å². The van der Waals surface area contributed by atoms with Crippen molar-refractivity contribution in [3.05, 3.63) is 12.1 Å². The van der Waals surface area contributed by atoms with E-state index < -0.39 is 0 Å². The van der Waals surface area contributed by atoms with Crippen LogP contribution in [0.15, 0.2) is 12.1 Å². The number of halogens is 2. The van der Waals surface area contributed by atoms with E-state index in [1.54, 1.807) is 0 Å². The van der Waals surface area contributed by atoms with E-state index in [9.17, 15) is 0 Å². The third-order valence-electron chi connectivity index (χ3n) is 1.32. The minimum absolute atomic E-state index is 0.154. The molecule has 0 fully saturated rings. The molecule has 4 nitrogen and oxygen atoms in total. The Morgan fingerprint density at radius 3 is 1.67 bits per heavy atom. The van der Waals surface area contributed by atoms with Crippen LogP contribution in [0.1, 0.15) is 0 Å². The lowest BCUT2D eigenvalue weighted by Gasteiger charge is -2.06. The number of anilines is 2. The highest BCUT2D eigenvalue weighted by Crippen LogP contribution is 2.35. The van der Waals surface area contributed by atoms with E-state index in [0.29, 0.717) is 0 Å². The molecule has 0 atom stereocenters. The number of phenolic OH excluding ortho intramolecular Hbond substituents is 2. The summed E-state index contributed by atoms with van der Waals surface area (Å²) in [5.74, 6) is -0.309. The summed E-state index contributed by atoms with van der Waals surface area (Å²) in [5, 5.41) is 18.3. The molecular formula is C6H6Cl2N2O2. The first kappa shape index (κ1) is 9.09. The van der Waals surface area contributed by atoms with Crippen LogP contribution >= 0.6 is 23.6 Å². The van der Waals surface area contributed by atoms with E-state index >= 15 is 0 Å². The molecule has 1 aromatic carbocycles. The summed E-state index contributed by atoms with van der Waals surface area (Å²) >= 11 is 10.5. The Morgan fingerprint density at radius 2 is 1.33 bits per heavy atom. The fourth-order valence-corrected chi connectivity index (χ4v) is 1.03. The van der Waals surface area contributed by atoms with Crippen molar-refractivity contribution in [1.29, 1.82) is 0 Å². The van der Waals surface area contributed by atoms with Gasteiger partial charge in [0.1, 0.15) is 11.5 Å². The van der Waals surface area contributed by atoms with Gasteiger partial charge in [0.05, 0.1) is 11.4 Å². The van der Waals surface area contributed by atoms with Crippen LogP contribution in [-0.4, -0.2) is 10.2 Å². The molecule has 0 amide bonds. The number of phenols is 2. The first-order chi connectivity index (χ1) is 5.69. The second-order valence-corrected chi connectivity index (χ2v) is 2.45. The first-order valence-corrected chi connectivity index (χ1v) is 3.74. The Balaban J connectivity index is 3.18. The first-order valence-electron chi connectivity index (χ1n) is 2.98. The van der Waals surface area contributed by atoms with Crippen molar-refractivity contribution in [2.24, 2.45) is 0 Å². The lowest BCUT2D eigenvalue weighted by Crippen LogP contribution is -1.86. The van der Waals surface area contributed by atoms with Crippen LogP contribution in [0, 0.1) is 0 Å². The number of aromatic hydroxyl groups is 2. The summed E-state index contributed by atoms with van der Waals surface area (Å²) in [7, 11) is 0. The molecule has 12 heavy (non-hydrogen) atoms. The van der Waals surface area contributed by atoms with Gasteiger partial charge in [0, 0.05) is 29.6 Å². The molecule has 6 heteroatoms. The van der Waals surface area contributed by atoms with Gasteiger partial charge in [0.2, 0.25) is 0 Å². The average molecular weight is 209 g/mol. The molecule has 0 aliphatic rings. The van der Waals surface area contributed by atoms with Crippen molar-refractivity contribution in [2.75, 3.05) is 9.67 Å². The minimum Gasteiger partial charge on any atom is -0.506 e. The Bertz CT molecular complexity index is 268. The molecule has 0 spiro atoms. The molecule has 0 aliphatic carbocycles. The van der Waals surface area contributed by atoms with E-state index in [0.717, 1.165) is 6.07 Å². The van der Waals surface area contributed by atoms with Crippen molar-refractivity contribution >= 4 is 34.9 Å². The van der Waals surface area contributed by atoms with Crippen molar-refractivity contribution in [3.8, 4) is 11.5 Å². The van der Waals surface area contributed by atoms with Crippen LogP contribution < -0.4 is 9.67 Å².